The second-order valence-electron chi connectivity index (χ2n) is 6.76. The van der Waals surface area contributed by atoms with Crippen LogP contribution in [0.15, 0.2) is 84.2 Å². The average Bonchev–Trinajstić information content (AvgIpc) is 3.31. The van der Waals surface area contributed by atoms with Gasteiger partial charge in [-0.05, 0) is 24.3 Å². The summed E-state index contributed by atoms with van der Waals surface area (Å²) in [6.07, 6.45) is 0. The Morgan fingerprint density at radius 1 is 1.03 bits per heavy atom. The summed E-state index contributed by atoms with van der Waals surface area (Å²) in [7, 11) is 0. The topological polar surface area (TPSA) is 75.0 Å². The Kier molecular flexibility index (Phi) is 6.36. The van der Waals surface area contributed by atoms with E-state index >= 15 is 0 Å². The summed E-state index contributed by atoms with van der Waals surface area (Å²) in [4.78, 5) is 17.2. The minimum atomic E-state index is -0.195. The molecule has 5 nitrogen and oxygen atoms in total. The number of hydrogen-bond acceptors (Lipinski definition) is 5. The molecule has 4 rings (SSSR count). The summed E-state index contributed by atoms with van der Waals surface area (Å²) in [5, 5.41) is 14.9. The minimum absolute atomic E-state index is 0.195. The van der Waals surface area contributed by atoms with Crippen LogP contribution in [0.4, 0.5) is 0 Å². The maximum absolute atomic E-state index is 12.6. The highest BCUT2D eigenvalue weighted by Gasteiger charge is 2.10. The second kappa shape index (κ2) is 9.70. The zero-order valence-corrected chi connectivity index (χ0v) is 17.4. The van der Waals surface area contributed by atoms with Gasteiger partial charge in [0.15, 0.2) is 0 Å². The van der Waals surface area contributed by atoms with Gasteiger partial charge >= 0.3 is 0 Å². The summed E-state index contributed by atoms with van der Waals surface area (Å²) in [5.41, 5.74) is 3.85. The number of rotatable bonds is 7. The van der Waals surface area contributed by atoms with Gasteiger partial charge in [0, 0.05) is 22.1 Å². The van der Waals surface area contributed by atoms with E-state index in [4.69, 9.17) is 4.74 Å². The Morgan fingerprint density at radius 2 is 1.84 bits per heavy atom. The van der Waals surface area contributed by atoms with Crippen LogP contribution >= 0.6 is 11.3 Å². The molecule has 0 saturated carbocycles. The van der Waals surface area contributed by atoms with Crippen molar-refractivity contribution in [3.05, 3.63) is 106 Å². The van der Waals surface area contributed by atoms with Crippen LogP contribution in [0, 0.1) is 11.3 Å². The molecule has 1 aromatic heterocycles. The Morgan fingerprint density at radius 3 is 2.68 bits per heavy atom. The van der Waals surface area contributed by atoms with Crippen molar-refractivity contribution >= 4 is 17.2 Å². The maximum atomic E-state index is 12.6. The van der Waals surface area contributed by atoms with E-state index in [1.807, 2.05) is 53.9 Å². The van der Waals surface area contributed by atoms with Crippen molar-refractivity contribution < 1.29 is 9.53 Å². The molecule has 0 atom stereocenters. The summed E-state index contributed by atoms with van der Waals surface area (Å²) >= 11 is 1.52. The van der Waals surface area contributed by atoms with Crippen molar-refractivity contribution in [2.24, 2.45) is 0 Å². The van der Waals surface area contributed by atoms with E-state index in [1.165, 1.54) is 11.3 Å². The summed E-state index contributed by atoms with van der Waals surface area (Å²) in [5.74, 6) is 0.375. The van der Waals surface area contributed by atoms with Gasteiger partial charge in [-0.3, -0.25) is 4.79 Å². The number of amides is 1. The van der Waals surface area contributed by atoms with Crippen molar-refractivity contribution in [2.45, 2.75) is 13.2 Å². The number of nitrogens with zero attached hydrogens (tertiary/aromatic N) is 2. The summed E-state index contributed by atoms with van der Waals surface area (Å²) in [6, 6.07) is 26.4. The van der Waals surface area contributed by atoms with Gasteiger partial charge in [-0.2, -0.15) is 5.26 Å². The van der Waals surface area contributed by atoms with Gasteiger partial charge in [-0.1, -0.05) is 54.6 Å². The van der Waals surface area contributed by atoms with Crippen LogP contribution in [0.5, 0.6) is 5.75 Å². The number of carbonyl (C=O) groups is 1. The monoisotopic (exact) mass is 425 g/mol. The Balaban J connectivity index is 1.36. The molecule has 1 N–H and O–H groups in total. The largest absolute Gasteiger partial charge is 0.489 e. The number of nitriles is 1. The quantitative estimate of drug-likeness (QED) is 0.442. The fourth-order valence-electron chi connectivity index (χ4n) is 3.03. The van der Waals surface area contributed by atoms with E-state index in [0.29, 0.717) is 23.4 Å². The molecule has 31 heavy (non-hydrogen) atoms. The first-order valence-electron chi connectivity index (χ1n) is 9.72. The van der Waals surface area contributed by atoms with Crippen LogP contribution in [0.2, 0.25) is 0 Å². The minimum Gasteiger partial charge on any atom is -0.489 e. The van der Waals surface area contributed by atoms with Crippen LogP contribution in [-0.2, 0) is 13.2 Å². The molecule has 0 saturated heterocycles. The smallest absolute Gasteiger partial charge is 0.251 e. The van der Waals surface area contributed by atoms with Crippen molar-refractivity contribution in [1.82, 2.24) is 10.3 Å². The molecule has 0 spiro atoms. The molecule has 4 aromatic rings. The Hall–Kier alpha value is -3.95. The first-order valence-corrected chi connectivity index (χ1v) is 10.6. The lowest BCUT2D eigenvalue weighted by Crippen LogP contribution is -2.22. The van der Waals surface area contributed by atoms with Gasteiger partial charge < -0.3 is 10.1 Å². The Labute approximate surface area is 184 Å². The van der Waals surface area contributed by atoms with Crippen LogP contribution in [0.3, 0.4) is 0 Å². The number of benzene rings is 3. The van der Waals surface area contributed by atoms with Crippen molar-refractivity contribution in [1.29, 1.82) is 5.26 Å². The molecule has 0 aliphatic carbocycles. The molecule has 0 bridgehead atoms. The van der Waals surface area contributed by atoms with Crippen molar-refractivity contribution in [3.8, 4) is 23.1 Å². The lowest BCUT2D eigenvalue weighted by molar-refractivity contribution is 0.0950. The van der Waals surface area contributed by atoms with Crippen molar-refractivity contribution in [2.75, 3.05) is 0 Å². The zero-order valence-electron chi connectivity index (χ0n) is 16.6. The molecule has 1 heterocycles. The summed E-state index contributed by atoms with van der Waals surface area (Å²) in [6.45, 7) is 0.618. The predicted octanol–water partition coefficient (Wildman–Crippen LogP) is 5.19. The maximum Gasteiger partial charge on any atom is 0.251 e. The number of thiazole rings is 1. The molecular weight excluding hydrogens is 406 g/mol. The lowest BCUT2D eigenvalue weighted by Gasteiger charge is -2.09. The number of carbonyl (C=O) groups excluding carboxylic acids is 1. The average molecular weight is 426 g/mol. The highest BCUT2D eigenvalue weighted by atomic mass is 32.1. The van der Waals surface area contributed by atoms with E-state index in [0.717, 1.165) is 21.8 Å². The molecule has 1 amide bonds. The van der Waals surface area contributed by atoms with Crippen molar-refractivity contribution in [3.63, 3.8) is 0 Å². The van der Waals surface area contributed by atoms with Gasteiger partial charge in [0.25, 0.3) is 5.91 Å². The van der Waals surface area contributed by atoms with Crippen LogP contribution in [0.25, 0.3) is 11.3 Å². The highest BCUT2D eigenvalue weighted by molar-refractivity contribution is 7.09. The predicted molar refractivity (Wildman–Crippen MR) is 121 cm³/mol. The van der Waals surface area contributed by atoms with Crippen LogP contribution in [0.1, 0.15) is 26.5 Å². The van der Waals surface area contributed by atoms with Crippen LogP contribution < -0.4 is 10.1 Å². The number of hydrogen-bond donors (Lipinski definition) is 1. The first-order chi connectivity index (χ1) is 15.2. The second-order valence-corrected chi connectivity index (χ2v) is 7.70. The lowest BCUT2D eigenvalue weighted by atomic mass is 10.1. The molecule has 0 unspecified atom stereocenters. The third-order valence-corrected chi connectivity index (χ3v) is 5.50. The normalized spacial score (nSPS) is 10.3. The zero-order chi connectivity index (χ0) is 21.5. The van der Waals surface area contributed by atoms with Gasteiger partial charge in [0.05, 0.1) is 23.9 Å². The van der Waals surface area contributed by atoms with Gasteiger partial charge in [0.1, 0.15) is 17.4 Å². The Bertz CT molecular complexity index is 1230. The third kappa shape index (κ3) is 5.16. The number of ether oxygens (including phenoxy) is 1. The van der Waals surface area contributed by atoms with Crippen LogP contribution in [-0.4, -0.2) is 10.9 Å². The van der Waals surface area contributed by atoms with E-state index in [9.17, 15) is 10.1 Å². The molecule has 0 radical (unpaired) electrons. The van der Waals surface area contributed by atoms with E-state index in [2.05, 4.69) is 16.4 Å². The molecule has 0 aliphatic rings. The highest BCUT2D eigenvalue weighted by Crippen LogP contribution is 2.22. The fourth-order valence-corrected chi connectivity index (χ4v) is 3.78. The first kappa shape index (κ1) is 20.3. The number of aromatic nitrogens is 1. The van der Waals surface area contributed by atoms with E-state index in [-0.39, 0.29) is 12.5 Å². The molecule has 152 valence electrons. The molecule has 0 aliphatic heterocycles. The van der Waals surface area contributed by atoms with E-state index < -0.39 is 0 Å². The SMILES string of the molecule is N#Cc1ccccc1COc1cccc(C(=O)NCc2nc(-c3ccccc3)cs2)c1. The molecular formula is C25H19N3O2S. The molecule has 3 aromatic carbocycles. The van der Waals surface area contributed by atoms with Gasteiger partial charge in [0.2, 0.25) is 0 Å². The van der Waals surface area contributed by atoms with E-state index in [1.54, 1.807) is 30.3 Å². The molecule has 0 fully saturated rings. The molecule has 6 heteroatoms. The van der Waals surface area contributed by atoms with Gasteiger partial charge in [-0.15, -0.1) is 11.3 Å². The third-order valence-electron chi connectivity index (χ3n) is 4.65. The standard InChI is InChI=1S/C25H19N3O2S/c26-14-20-9-4-5-10-21(20)16-30-22-12-6-11-19(13-22)25(29)27-15-24-28-23(17-31-24)18-7-2-1-3-8-18/h1-13,17H,15-16H2,(H,27,29). The number of nitrogens with one attached hydrogen (secondary N) is 1. The fraction of sp³-hybridized carbons (Fsp3) is 0.0800. The summed E-state index contributed by atoms with van der Waals surface area (Å²) < 4.78 is 5.80. The van der Waals surface area contributed by atoms with Gasteiger partial charge in [-0.25, -0.2) is 4.98 Å².